The van der Waals surface area contributed by atoms with Crippen LogP contribution in [0.4, 0.5) is 17.1 Å². The quantitative estimate of drug-likeness (QED) is 0.433. The lowest BCUT2D eigenvalue weighted by Crippen LogP contribution is -2.51. The molecule has 166 valence electrons. The minimum absolute atomic E-state index is 0.384. The smallest absolute Gasteiger partial charge is 0.283 e. The van der Waals surface area contributed by atoms with Gasteiger partial charge in [-0.25, -0.2) is 0 Å². The van der Waals surface area contributed by atoms with E-state index in [-0.39, 0.29) is 0 Å². The number of hydrogen-bond donors (Lipinski definition) is 1. The van der Waals surface area contributed by atoms with Gasteiger partial charge in [-0.05, 0) is 5.56 Å². The number of nitro groups is 3. The summed E-state index contributed by atoms with van der Waals surface area (Å²) < 4.78 is 1.02. The monoisotopic (exact) mass is 434 g/mol. The van der Waals surface area contributed by atoms with Crippen molar-refractivity contribution >= 4 is 17.1 Å². The Morgan fingerprint density at radius 3 is 1.71 bits per heavy atom. The van der Waals surface area contributed by atoms with E-state index in [1.165, 1.54) is 0 Å². The van der Waals surface area contributed by atoms with Crippen LogP contribution in [0.2, 0.25) is 0 Å². The standard InChI is InChI=1S/C13H20NO.C6H3N3O7/c1-14(2)10-8-13(15,9-11-14)12-6-4-3-5-7-12;10-6-4(8(13)14)1-3(7(11)12)2-5(6)9(15)16/h3-7,15H,8-11H2,1-2H3;1-2,10H/q+1;/p-1. The van der Waals surface area contributed by atoms with Crippen LogP contribution in [0.3, 0.4) is 0 Å². The minimum Gasteiger partial charge on any atom is -0.863 e. The van der Waals surface area contributed by atoms with Gasteiger partial charge in [0.2, 0.25) is 0 Å². The Morgan fingerprint density at radius 2 is 1.32 bits per heavy atom. The molecule has 0 spiro atoms. The van der Waals surface area contributed by atoms with Gasteiger partial charge >= 0.3 is 0 Å². The number of piperidine rings is 1. The third-order valence-corrected chi connectivity index (χ3v) is 5.21. The van der Waals surface area contributed by atoms with Crippen LogP contribution in [0, 0.1) is 30.3 Å². The predicted octanol–water partition coefficient (Wildman–Crippen LogP) is 2.23. The average molecular weight is 434 g/mol. The number of hydrogen-bond acceptors (Lipinski definition) is 8. The Hall–Kier alpha value is -3.64. The van der Waals surface area contributed by atoms with E-state index >= 15 is 0 Å². The van der Waals surface area contributed by atoms with E-state index in [4.69, 9.17) is 0 Å². The highest BCUT2D eigenvalue weighted by atomic mass is 16.6. The highest BCUT2D eigenvalue weighted by Crippen LogP contribution is 2.37. The molecule has 0 bridgehead atoms. The van der Waals surface area contributed by atoms with Gasteiger partial charge in [0.1, 0.15) is 5.60 Å². The molecule has 0 saturated carbocycles. The van der Waals surface area contributed by atoms with Gasteiger partial charge in [-0.1, -0.05) is 30.3 Å². The van der Waals surface area contributed by atoms with Crippen molar-refractivity contribution in [3.8, 4) is 5.75 Å². The van der Waals surface area contributed by atoms with Crippen LogP contribution < -0.4 is 5.11 Å². The van der Waals surface area contributed by atoms with E-state index in [1.807, 2.05) is 30.3 Å². The maximum absolute atomic E-state index is 11.1. The number of nitro benzene ring substituents is 3. The summed E-state index contributed by atoms with van der Waals surface area (Å²) in [6, 6.07) is 10.8. The largest absolute Gasteiger partial charge is 0.863 e. The lowest BCUT2D eigenvalue weighted by Gasteiger charge is -2.42. The summed E-state index contributed by atoms with van der Waals surface area (Å²) in [6.07, 6.45) is 1.73. The van der Waals surface area contributed by atoms with Gasteiger partial charge in [-0.2, -0.15) is 0 Å². The molecule has 0 atom stereocenters. The molecule has 1 aliphatic heterocycles. The number of rotatable bonds is 4. The van der Waals surface area contributed by atoms with Crippen molar-refractivity contribution in [2.75, 3.05) is 27.2 Å². The second kappa shape index (κ2) is 9.02. The first-order valence-electron chi connectivity index (χ1n) is 9.24. The number of likely N-dealkylation sites (tertiary alicyclic amines) is 1. The van der Waals surface area contributed by atoms with Crippen LogP contribution in [0.25, 0.3) is 0 Å². The molecule has 3 rings (SSSR count). The number of quaternary nitrogens is 1. The van der Waals surface area contributed by atoms with Crippen molar-refractivity contribution < 1.29 is 29.5 Å². The lowest BCUT2D eigenvalue weighted by atomic mass is 9.84. The van der Waals surface area contributed by atoms with Crippen molar-refractivity contribution in [2.45, 2.75) is 18.4 Å². The molecule has 0 radical (unpaired) electrons. The summed E-state index contributed by atoms with van der Waals surface area (Å²) in [5.74, 6) is -1.46. The highest BCUT2D eigenvalue weighted by Gasteiger charge is 2.38. The SMILES string of the molecule is C[N+]1(C)CCC(O)(c2ccccc2)CC1.O=[N+]([O-])c1cc([N+](=O)[O-])c([O-])c([N+](=O)[O-])c1. The molecule has 1 N–H and O–H groups in total. The van der Waals surface area contributed by atoms with Crippen LogP contribution >= 0.6 is 0 Å². The first-order chi connectivity index (χ1) is 14.4. The molecule has 0 aliphatic carbocycles. The van der Waals surface area contributed by atoms with Crippen molar-refractivity contribution in [3.05, 3.63) is 78.4 Å². The summed E-state index contributed by atoms with van der Waals surface area (Å²) in [5.41, 5.74) is -2.78. The van der Waals surface area contributed by atoms with Gasteiger partial charge < -0.3 is 14.7 Å². The maximum atomic E-state index is 11.1. The molecule has 12 nitrogen and oxygen atoms in total. The first kappa shape index (κ1) is 23.6. The molecule has 2 aromatic rings. The fourth-order valence-corrected chi connectivity index (χ4v) is 3.21. The highest BCUT2D eigenvalue weighted by molar-refractivity contribution is 5.64. The van der Waals surface area contributed by atoms with Gasteiger partial charge in [0.15, 0.2) is 0 Å². The summed E-state index contributed by atoms with van der Waals surface area (Å²) in [6.45, 7) is 2.09. The Balaban J connectivity index is 0.000000220. The van der Waals surface area contributed by atoms with E-state index in [9.17, 15) is 40.6 Å². The number of non-ortho nitro benzene ring substituents is 1. The van der Waals surface area contributed by atoms with E-state index in [1.54, 1.807) is 0 Å². The number of aliphatic hydroxyl groups is 1. The molecular formula is C19H22N4O8. The van der Waals surface area contributed by atoms with Gasteiger partial charge in [0.05, 0.1) is 59.8 Å². The first-order valence-corrected chi connectivity index (χ1v) is 9.24. The average Bonchev–Trinajstić information content (AvgIpc) is 2.71. The molecule has 1 fully saturated rings. The Kier molecular flexibility index (Phi) is 6.88. The lowest BCUT2D eigenvalue weighted by molar-refractivity contribution is -0.897. The topological polar surface area (TPSA) is 173 Å². The zero-order chi connectivity index (χ0) is 23.4. The summed E-state index contributed by atoms with van der Waals surface area (Å²) in [5, 5.41) is 52.7. The van der Waals surface area contributed by atoms with E-state index < -0.39 is 43.2 Å². The second-order valence-corrected chi connectivity index (χ2v) is 7.87. The molecule has 1 saturated heterocycles. The van der Waals surface area contributed by atoms with Crippen LogP contribution in [0.1, 0.15) is 18.4 Å². The van der Waals surface area contributed by atoms with E-state index in [0.29, 0.717) is 12.1 Å². The number of nitrogens with zero attached hydrogens (tertiary/aromatic N) is 4. The third-order valence-electron chi connectivity index (χ3n) is 5.21. The van der Waals surface area contributed by atoms with Crippen LogP contribution in [-0.4, -0.2) is 51.5 Å². The van der Waals surface area contributed by atoms with Crippen LogP contribution in [0.5, 0.6) is 5.75 Å². The molecule has 2 aromatic carbocycles. The van der Waals surface area contributed by atoms with E-state index in [2.05, 4.69) is 14.1 Å². The zero-order valence-electron chi connectivity index (χ0n) is 17.0. The zero-order valence-corrected chi connectivity index (χ0v) is 17.0. The van der Waals surface area contributed by atoms with E-state index in [0.717, 1.165) is 36.0 Å². The second-order valence-electron chi connectivity index (χ2n) is 7.87. The fraction of sp³-hybridized carbons (Fsp3) is 0.368. The molecular weight excluding hydrogens is 412 g/mol. The van der Waals surface area contributed by atoms with Crippen molar-refractivity contribution in [3.63, 3.8) is 0 Å². The summed E-state index contributed by atoms with van der Waals surface area (Å²) in [7, 11) is 4.45. The van der Waals surface area contributed by atoms with Gasteiger partial charge in [0, 0.05) is 12.8 Å². The summed E-state index contributed by atoms with van der Waals surface area (Å²) in [4.78, 5) is 27.5. The molecule has 1 heterocycles. The van der Waals surface area contributed by atoms with Crippen molar-refractivity contribution in [2.24, 2.45) is 0 Å². The predicted molar refractivity (Wildman–Crippen MR) is 107 cm³/mol. The molecule has 0 unspecified atom stereocenters. The molecule has 0 aromatic heterocycles. The Labute approximate surface area is 177 Å². The van der Waals surface area contributed by atoms with Gasteiger partial charge in [-0.3, -0.25) is 30.3 Å². The fourth-order valence-electron chi connectivity index (χ4n) is 3.21. The van der Waals surface area contributed by atoms with Gasteiger partial charge in [0.25, 0.3) is 17.1 Å². The number of benzene rings is 2. The van der Waals surface area contributed by atoms with Crippen LogP contribution in [-0.2, 0) is 5.60 Å². The molecule has 1 aliphatic rings. The van der Waals surface area contributed by atoms with Gasteiger partial charge in [-0.15, -0.1) is 0 Å². The minimum atomic E-state index is -1.46. The summed E-state index contributed by atoms with van der Waals surface area (Å²) >= 11 is 0. The molecule has 12 heteroatoms. The van der Waals surface area contributed by atoms with Crippen molar-refractivity contribution in [1.82, 2.24) is 0 Å². The van der Waals surface area contributed by atoms with Crippen LogP contribution in [0.15, 0.2) is 42.5 Å². The normalized spacial score (nSPS) is 16.5. The Morgan fingerprint density at radius 1 is 0.871 bits per heavy atom. The molecule has 31 heavy (non-hydrogen) atoms. The third kappa shape index (κ3) is 5.71. The molecule has 0 amide bonds. The maximum Gasteiger partial charge on any atom is 0.283 e. The Bertz CT molecular complexity index is 949. The van der Waals surface area contributed by atoms with Crippen molar-refractivity contribution in [1.29, 1.82) is 0 Å².